The Morgan fingerprint density at radius 1 is 1.30 bits per heavy atom. The molecule has 0 saturated heterocycles. The second-order valence-electron chi connectivity index (χ2n) is 5.10. The van der Waals surface area contributed by atoms with Crippen molar-refractivity contribution in [2.45, 2.75) is 38.1 Å². The molecule has 0 aliphatic heterocycles. The summed E-state index contributed by atoms with van der Waals surface area (Å²) in [5, 5.41) is 0.365. The largest absolute Gasteiger partial charge is 0.334 e. The van der Waals surface area contributed by atoms with Crippen molar-refractivity contribution in [2.75, 3.05) is 12.4 Å². The molecule has 0 unspecified atom stereocenters. The molecule has 0 N–H and O–H groups in total. The maximum atomic E-state index is 13.8. The zero-order valence-corrected chi connectivity index (χ0v) is 12.8. The molecule has 1 aromatic carbocycles. The first-order valence-electron chi connectivity index (χ1n) is 6.95. The first-order valence-corrected chi connectivity index (χ1v) is 7.86. The molecule has 0 heterocycles. The molecule has 20 heavy (non-hydrogen) atoms. The van der Waals surface area contributed by atoms with Gasteiger partial charge in [-0.2, -0.15) is 0 Å². The van der Waals surface area contributed by atoms with Gasteiger partial charge in [0.1, 0.15) is 5.82 Å². The van der Waals surface area contributed by atoms with E-state index in [-0.39, 0.29) is 17.5 Å². The highest BCUT2D eigenvalue weighted by Crippen LogP contribution is 2.25. The Kier molecular flexibility index (Phi) is 5.67. The second kappa shape index (κ2) is 7.28. The molecule has 1 fully saturated rings. The Morgan fingerprint density at radius 3 is 2.65 bits per heavy atom. The average molecular weight is 318 g/mol. The summed E-state index contributed by atoms with van der Waals surface area (Å²) >= 11 is 11.7. The second-order valence-corrected chi connectivity index (χ2v) is 5.92. The summed E-state index contributed by atoms with van der Waals surface area (Å²) in [6, 6.07) is 4.23. The van der Waals surface area contributed by atoms with Gasteiger partial charge in [-0.05, 0) is 31.0 Å². The first kappa shape index (κ1) is 15.6. The van der Waals surface area contributed by atoms with Crippen molar-refractivity contribution in [1.82, 2.24) is 4.90 Å². The first-order chi connectivity index (χ1) is 9.63. The van der Waals surface area contributed by atoms with Crippen molar-refractivity contribution in [2.24, 2.45) is 0 Å². The molecule has 0 aromatic heterocycles. The van der Waals surface area contributed by atoms with E-state index in [2.05, 4.69) is 0 Å². The molecular formula is C15H18Cl2FNO. The minimum atomic E-state index is -0.533. The fraction of sp³-hybridized carbons (Fsp3) is 0.533. The predicted molar refractivity (Wildman–Crippen MR) is 80.0 cm³/mol. The van der Waals surface area contributed by atoms with E-state index in [1.165, 1.54) is 24.6 Å². The molecule has 1 aliphatic carbocycles. The molecule has 1 amide bonds. The van der Waals surface area contributed by atoms with E-state index in [4.69, 9.17) is 23.2 Å². The highest BCUT2D eigenvalue weighted by Gasteiger charge is 2.27. The summed E-state index contributed by atoms with van der Waals surface area (Å²) in [4.78, 5) is 14.3. The Morgan fingerprint density at radius 2 is 2.00 bits per heavy atom. The van der Waals surface area contributed by atoms with E-state index in [1.807, 2.05) is 0 Å². The molecule has 2 rings (SSSR count). The Bertz CT molecular complexity index is 475. The van der Waals surface area contributed by atoms with E-state index in [9.17, 15) is 9.18 Å². The van der Waals surface area contributed by atoms with Crippen molar-refractivity contribution in [3.63, 3.8) is 0 Å². The van der Waals surface area contributed by atoms with Crippen LogP contribution in [0.1, 0.15) is 42.5 Å². The number of nitrogens with zero attached hydrogens (tertiary/aromatic N) is 1. The van der Waals surface area contributed by atoms with Gasteiger partial charge in [-0.1, -0.05) is 30.9 Å². The molecule has 0 radical (unpaired) electrons. The van der Waals surface area contributed by atoms with Gasteiger partial charge in [-0.15, -0.1) is 11.6 Å². The number of hydrogen-bond acceptors (Lipinski definition) is 1. The highest BCUT2D eigenvalue weighted by molar-refractivity contribution is 6.31. The van der Waals surface area contributed by atoms with Crippen LogP contribution in [0.4, 0.5) is 4.39 Å². The maximum absolute atomic E-state index is 13.8. The zero-order valence-electron chi connectivity index (χ0n) is 11.2. The van der Waals surface area contributed by atoms with Crippen molar-refractivity contribution in [3.8, 4) is 0 Å². The summed E-state index contributed by atoms with van der Waals surface area (Å²) in [6.07, 6.45) is 5.34. The lowest BCUT2D eigenvalue weighted by atomic mass is 9.93. The summed E-state index contributed by atoms with van der Waals surface area (Å²) in [7, 11) is 0. The molecule has 0 bridgehead atoms. The number of carbonyl (C=O) groups excluding carboxylic acids is 1. The third-order valence-electron chi connectivity index (χ3n) is 3.76. The summed E-state index contributed by atoms with van der Waals surface area (Å²) in [6.45, 7) is 0.441. The number of hydrogen-bond donors (Lipinski definition) is 0. The average Bonchev–Trinajstić information content (AvgIpc) is 2.47. The van der Waals surface area contributed by atoms with Crippen molar-refractivity contribution in [1.29, 1.82) is 0 Å². The molecular weight excluding hydrogens is 300 g/mol. The van der Waals surface area contributed by atoms with Crippen LogP contribution in [0.3, 0.4) is 0 Å². The highest BCUT2D eigenvalue weighted by atomic mass is 35.5. The maximum Gasteiger partial charge on any atom is 0.257 e. The molecule has 1 aliphatic rings. The van der Waals surface area contributed by atoms with Gasteiger partial charge in [0.2, 0.25) is 0 Å². The standard InChI is InChI=1S/C15H18Cl2FNO/c16-8-9-19(12-4-2-1-3-5-12)15(20)13-10-11(17)6-7-14(13)18/h6-7,10,12H,1-5,8-9H2. The van der Waals surface area contributed by atoms with Crippen LogP contribution in [0.2, 0.25) is 5.02 Å². The van der Waals surface area contributed by atoms with Gasteiger partial charge >= 0.3 is 0 Å². The SMILES string of the molecule is O=C(c1cc(Cl)ccc1F)N(CCCl)C1CCCCC1. The van der Waals surface area contributed by atoms with Crippen molar-refractivity contribution >= 4 is 29.1 Å². The van der Waals surface area contributed by atoms with Gasteiger partial charge in [0.05, 0.1) is 5.56 Å². The number of carbonyl (C=O) groups is 1. The fourth-order valence-corrected chi connectivity index (χ4v) is 3.10. The van der Waals surface area contributed by atoms with Crippen LogP contribution in [0.5, 0.6) is 0 Å². The van der Waals surface area contributed by atoms with Crippen LogP contribution in [-0.4, -0.2) is 29.3 Å². The molecule has 1 aromatic rings. The number of amides is 1. The summed E-state index contributed by atoms with van der Waals surface area (Å²) < 4.78 is 13.8. The molecule has 5 heteroatoms. The predicted octanol–water partition coefficient (Wildman–Crippen LogP) is 4.49. The molecule has 2 nitrogen and oxygen atoms in total. The Labute approximate surface area is 128 Å². The van der Waals surface area contributed by atoms with E-state index in [0.29, 0.717) is 17.4 Å². The van der Waals surface area contributed by atoms with E-state index in [1.54, 1.807) is 4.90 Å². The van der Waals surface area contributed by atoms with Crippen LogP contribution < -0.4 is 0 Å². The molecule has 110 valence electrons. The third kappa shape index (κ3) is 3.64. The fourth-order valence-electron chi connectivity index (χ4n) is 2.75. The van der Waals surface area contributed by atoms with Crippen LogP contribution in [0.15, 0.2) is 18.2 Å². The van der Waals surface area contributed by atoms with Gasteiger partial charge in [-0.3, -0.25) is 4.79 Å². The molecule has 0 spiro atoms. The van der Waals surface area contributed by atoms with Crippen molar-refractivity contribution in [3.05, 3.63) is 34.6 Å². The lowest BCUT2D eigenvalue weighted by Gasteiger charge is -2.34. The molecule has 1 saturated carbocycles. The monoisotopic (exact) mass is 317 g/mol. The minimum absolute atomic E-state index is 0.0354. The topological polar surface area (TPSA) is 20.3 Å². The Hall–Kier alpha value is -0.800. The number of rotatable bonds is 4. The minimum Gasteiger partial charge on any atom is -0.334 e. The quantitative estimate of drug-likeness (QED) is 0.749. The zero-order chi connectivity index (χ0) is 14.5. The van der Waals surface area contributed by atoms with E-state index >= 15 is 0 Å². The number of halogens is 3. The summed E-state index contributed by atoms with van der Waals surface area (Å²) in [5.74, 6) is -0.489. The van der Waals surface area contributed by atoms with Crippen LogP contribution in [0.25, 0.3) is 0 Å². The van der Waals surface area contributed by atoms with Gasteiger partial charge in [0.25, 0.3) is 5.91 Å². The van der Waals surface area contributed by atoms with Crippen LogP contribution >= 0.6 is 23.2 Å². The van der Waals surface area contributed by atoms with Gasteiger partial charge in [0, 0.05) is 23.5 Å². The van der Waals surface area contributed by atoms with Crippen molar-refractivity contribution < 1.29 is 9.18 Å². The van der Waals surface area contributed by atoms with Crippen LogP contribution in [-0.2, 0) is 0 Å². The molecule has 0 atom stereocenters. The van der Waals surface area contributed by atoms with Gasteiger partial charge in [-0.25, -0.2) is 4.39 Å². The van der Waals surface area contributed by atoms with Crippen LogP contribution in [0, 0.1) is 5.82 Å². The van der Waals surface area contributed by atoms with E-state index < -0.39 is 5.82 Å². The smallest absolute Gasteiger partial charge is 0.257 e. The number of alkyl halides is 1. The normalized spacial score (nSPS) is 16.1. The van der Waals surface area contributed by atoms with Gasteiger partial charge in [0.15, 0.2) is 0 Å². The Balaban J connectivity index is 2.23. The van der Waals surface area contributed by atoms with E-state index in [0.717, 1.165) is 25.7 Å². The lowest BCUT2D eigenvalue weighted by molar-refractivity contribution is 0.0645. The number of benzene rings is 1. The third-order valence-corrected chi connectivity index (χ3v) is 4.16. The van der Waals surface area contributed by atoms with Gasteiger partial charge < -0.3 is 4.90 Å². The summed E-state index contributed by atoms with van der Waals surface area (Å²) in [5.41, 5.74) is 0.0354. The lowest BCUT2D eigenvalue weighted by Crippen LogP contribution is -2.43.